The molecule has 0 spiro atoms. The Morgan fingerprint density at radius 1 is 0.882 bits per heavy atom. The molecule has 5 rings (SSSR count). The minimum Gasteiger partial charge on any atom is -0.484 e. The normalized spacial score (nSPS) is 14.4. The molecular formula is C28H30N4O2. The number of hydrogen-bond donors (Lipinski definition) is 0. The van der Waals surface area contributed by atoms with Gasteiger partial charge in [-0.15, -0.1) is 0 Å². The highest BCUT2D eigenvalue weighted by molar-refractivity contribution is 5.78. The molecule has 34 heavy (non-hydrogen) atoms. The Morgan fingerprint density at radius 3 is 2.44 bits per heavy atom. The maximum Gasteiger partial charge on any atom is 0.260 e. The number of nitrogens with zero attached hydrogens (tertiary/aromatic N) is 4. The zero-order valence-corrected chi connectivity index (χ0v) is 19.6. The number of amides is 1. The largest absolute Gasteiger partial charge is 0.484 e. The number of rotatable bonds is 7. The van der Waals surface area contributed by atoms with E-state index in [4.69, 9.17) is 9.72 Å². The molecule has 1 aliphatic heterocycles. The Balaban J connectivity index is 1.21. The number of fused-ring (bicyclic) bond motifs is 1. The van der Waals surface area contributed by atoms with Gasteiger partial charge in [-0.05, 0) is 42.3 Å². The third-order valence-corrected chi connectivity index (χ3v) is 6.36. The van der Waals surface area contributed by atoms with Crippen molar-refractivity contribution in [3.63, 3.8) is 0 Å². The highest BCUT2D eigenvalue weighted by Gasteiger charge is 2.23. The fourth-order valence-electron chi connectivity index (χ4n) is 4.49. The molecule has 3 aromatic carbocycles. The van der Waals surface area contributed by atoms with Gasteiger partial charge in [0.1, 0.15) is 11.6 Å². The van der Waals surface area contributed by atoms with Crippen molar-refractivity contribution >= 4 is 16.9 Å². The lowest BCUT2D eigenvalue weighted by Crippen LogP contribution is -2.49. The van der Waals surface area contributed by atoms with E-state index in [1.54, 1.807) is 0 Å². The van der Waals surface area contributed by atoms with E-state index in [1.165, 1.54) is 5.56 Å². The first kappa shape index (κ1) is 22.2. The summed E-state index contributed by atoms with van der Waals surface area (Å²) in [4.78, 5) is 21.9. The third kappa shape index (κ3) is 5.13. The van der Waals surface area contributed by atoms with Gasteiger partial charge in [0, 0.05) is 32.7 Å². The number of aryl methyl sites for hydroxylation is 1. The maximum atomic E-state index is 12.7. The highest BCUT2D eigenvalue weighted by Crippen LogP contribution is 2.20. The minimum absolute atomic E-state index is 0.0393. The number of hydrogen-bond acceptors (Lipinski definition) is 4. The van der Waals surface area contributed by atoms with Crippen molar-refractivity contribution in [1.29, 1.82) is 0 Å². The fourth-order valence-corrected chi connectivity index (χ4v) is 4.49. The van der Waals surface area contributed by atoms with Crippen LogP contribution in [0.15, 0.2) is 78.9 Å². The van der Waals surface area contributed by atoms with Gasteiger partial charge in [0.25, 0.3) is 5.91 Å². The Morgan fingerprint density at radius 2 is 1.65 bits per heavy atom. The molecular weight excluding hydrogens is 424 g/mol. The summed E-state index contributed by atoms with van der Waals surface area (Å²) in [5.74, 6) is 1.84. The molecule has 1 amide bonds. The molecule has 4 aromatic rings. The summed E-state index contributed by atoms with van der Waals surface area (Å²) in [6.07, 6.45) is 0. The first-order chi connectivity index (χ1) is 16.7. The van der Waals surface area contributed by atoms with Crippen molar-refractivity contribution in [3.05, 3.63) is 95.8 Å². The van der Waals surface area contributed by atoms with Gasteiger partial charge in [-0.2, -0.15) is 0 Å². The van der Waals surface area contributed by atoms with Crippen LogP contribution >= 0.6 is 0 Å². The van der Waals surface area contributed by atoms with E-state index >= 15 is 0 Å². The topological polar surface area (TPSA) is 50.6 Å². The van der Waals surface area contributed by atoms with E-state index in [0.29, 0.717) is 13.1 Å². The van der Waals surface area contributed by atoms with E-state index < -0.39 is 0 Å². The molecule has 6 nitrogen and oxygen atoms in total. The van der Waals surface area contributed by atoms with Crippen molar-refractivity contribution in [2.24, 2.45) is 0 Å². The SMILES string of the molecule is Cc1cccc(OCC(=O)N2CCN(Cc3nc4ccccc4n3Cc3ccccc3)CC2)c1. The summed E-state index contributed by atoms with van der Waals surface area (Å²) < 4.78 is 8.03. The summed E-state index contributed by atoms with van der Waals surface area (Å²) in [5, 5.41) is 0. The summed E-state index contributed by atoms with van der Waals surface area (Å²) >= 11 is 0. The van der Waals surface area contributed by atoms with Crippen LogP contribution in [0.4, 0.5) is 0 Å². The van der Waals surface area contributed by atoms with Gasteiger partial charge in [0.15, 0.2) is 6.61 Å². The molecule has 1 aromatic heterocycles. The Labute approximate surface area is 200 Å². The zero-order valence-electron chi connectivity index (χ0n) is 19.6. The highest BCUT2D eigenvalue weighted by atomic mass is 16.5. The minimum atomic E-state index is 0.0393. The number of carbonyl (C=O) groups excluding carboxylic acids is 1. The molecule has 1 fully saturated rings. The van der Waals surface area contributed by atoms with Gasteiger partial charge >= 0.3 is 0 Å². The molecule has 2 heterocycles. The maximum absolute atomic E-state index is 12.7. The van der Waals surface area contributed by atoms with Crippen LogP contribution in [0.1, 0.15) is 17.0 Å². The van der Waals surface area contributed by atoms with Gasteiger partial charge in [0.05, 0.1) is 17.6 Å². The lowest BCUT2D eigenvalue weighted by molar-refractivity contribution is -0.135. The van der Waals surface area contributed by atoms with Crippen LogP contribution in [0.2, 0.25) is 0 Å². The number of para-hydroxylation sites is 2. The van der Waals surface area contributed by atoms with Crippen LogP contribution in [-0.2, 0) is 17.9 Å². The molecule has 0 unspecified atom stereocenters. The van der Waals surface area contributed by atoms with Gasteiger partial charge in [-0.3, -0.25) is 9.69 Å². The number of piperazine rings is 1. The fraction of sp³-hybridized carbons (Fsp3) is 0.286. The molecule has 0 bridgehead atoms. The second-order valence-corrected chi connectivity index (χ2v) is 8.85. The van der Waals surface area contributed by atoms with Crippen LogP contribution in [-0.4, -0.2) is 58.0 Å². The van der Waals surface area contributed by atoms with Crippen LogP contribution in [0.5, 0.6) is 5.75 Å². The third-order valence-electron chi connectivity index (χ3n) is 6.36. The average Bonchev–Trinajstić information content (AvgIpc) is 3.20. The first-order valence-corrected chi connectivity index (χ1v) is 11.8. The van der Waals surface area contributed by atoms with Gasteiger partial charge < -0.3 is 14.2 Å². The molecule has 0 N–H and O–H groups in total. The van der Waals surface area contributed by atoms with Crippen molar-refractivity contribution in [2.75, 3.05) is 32.8 Å². The van der Waals surface area contributed by atoms with E-state index in [1.807, 2.05) is 48.2 Å². The zero-order chi connectivity index (χ0) is 23.3. The average molecular weight is 455 g/mol. The van der Waals surface area contributed by atoms with E-state index in [-0.39, 0.29) is 12.5 Å². The molecule has 1 aliphatic rings. The van der Waals surface area contributed by atoms with Crippen molar-refractivity contribution in [1.82, 2.24) is 19.4 Å². The molecule has 1 saturated heterocycles. The van der Waals surface area contributed by atoms with Crippen molar-refractivity contribution < 1.29 is 9.53 Å². The molecule has 0 radical (unpaired) electrons. The van der Waals surface area contributed by atoms with Crippen molar-refractivity contribution in [3.8, 4) is 5.75 Å². The summed E-state index contributed by atoms with van der Waals surface area (Å²) in [6, 6.07) is 26.6. The van der Waals surface area contributed by atoms with Crippen molar-refractivity contribution in [2.45, 2.75) is 20.0 Å². The Hall–Kier alpha value is -3.64. The lowest BCUT2D eigenvalue weighted by Gasteiger charge is -2.34. The molecule has 0 atom stereocenters. The number of carbonyl (C=O) groups is 1. The summed E-state index contributed by atoms with van der Waals surface area (Å²) in [6.45, 7) is 6.71. The molecule has 174 valence electrons. The van der Waals surface area contributed by atoms with Crippen LogP contribution in [0.3, 0.4) is 0 Å². The first-order valence-electron chi connectivity index (χ1n) is 11.8. The Bertz CT molecular complexity index is 1260. The summed E-state index contributed by atoms with van der Waals surface area (Å²) in [7, 11) is 0. The van der Waals surface area contributed by atoms with E-state index in [0.717, 1.165) is 54.3 Å². The van der Waals surface area contributed by atoms with Gasteiger partial charge in [-0.1, -0.05) is 54.6 Å². The predicted molar refractivity (Wildman–Crippen MR) is 134 cm³/mol. The second kappa shape index (κ2) is 10.1. The summed E-state index contributed by atoms with van der Waals surface area (Å²) in [5.41, 5.74) is 4.56. The van der Waals surface area contributed by atoms with Crippen LogP contribution < -0.4 is 4.74 Å². The van der Waals surface area contributed by atoms with E-state index in [2.05, 4.69) is 51.9 Å². The number of ether oxygens (including phenoxy) is 1. The Kier molecular flexibility index (Phi) is 6.58. The van der Waals surface area contributed by atoms with Gasteiger partial charge in [-0.25, -0.2) is 4.98 Å². The number of imidazole rings is 1. The van der Waals surface area contributed by atoms with Crippen LogP contribution in [0.25, 0.3) is 11.0 Å². The smallest absolute Gasteiger partial charge is 0.260 e. The number of aromatic nitrogens is 2. The lowest BCUT2D eigenvalue weighted by atomic mass is 10.2. The van der Waals surface area contributed by atoms with Gasteiger partial charge in [0.2, 0.25) is 0 Å². The monoisotopic (exact) mass is 454 g/mol. The van der Waals surface area contributed by atoms with E-state index in [9.17, 15) is 4.79 Å². The predicted octanol–water partition coefficient (Wildman–Crippen LogP) is 4.12. The molecule has 6 heteroatoms. The second-order valence-electron chi connectivity index (χ2n) is 8.85. The standard InChI is InChI=1S/C28H30N4O2/c1-22-8-7-11-24(18-22)34-21-28(33)31-16-14-30(15-17-31)20-27-29-25-12-5-6-13-26(25)32(27)19-23-9-3-2-4-10-23/h2-13,18H,14-17,19-21H2,1H3. The molecule has 0 aliphatic carbocycles. The molecule has 0 saturated carbocycles. The quantitative estimate of drug-likeness (QED) is 0.422. The van der Waals surface area contributed by atoms with Crippen LogP contribution in [0, 0.1) is 6.92 Å². The number of benzene rings is 3.